The molecule has 49 heavy (non-hydrogen) atoms. The van der Waals surface area contributed by atoms with Gasteiger partial charge in [-0.15, -0.1) is 0 Å². The Labute approximate surface area is 293 Å². The summed E-state index contributed by atoms with van der Waals surface area (Å²) >= 11 is 11.5. The molecule has 0 spiro atoms. The van der Waals surface area contributed by atoms with Gasteiger partial charge in [0.2, 0.25) is 0 Å². The molecule has 2 aromatic rings. The van der Waals surface area contributed by atoms with E-state index in [0.717, 1.165) is 0 Å². The summed E-state index contributed by atoms with van der Waals surface area (Å²) < 4.78 is 49.5. The summed E-state index contributed by atoms with van der Waals surface area (Å²) in [5.74, 6) is -3.36. The Bertz CT molecular complexity index is 1650. The molecule has 0 fully saturated rings. The van der Waals surface area contributed by atoms with Crippen LogP contribution in [0.4, 0.5) is 23.3 Å². The zero-order valence-electron chi connectivity index (χ0n) is 26.4. The number of sulfone groups is 2. The first-order valence-corrected chi connectivity index (χ1v) is 19.1. The number of nitrogens with two attached hydrogens (primary N) is 6. The van der Waals surface area contributed by atoms with Crippen molar-refractivity contribution in [2.75, 3.05) is 59.0 Å². The number of nitrogen functional groups attached to an aromatic ring is 4. The van der Waals surface area contributed by atoms with Crippen molar-refractivity contribution in [2.24, 2.45) is 21.5 Å². The average Bonchev–Trinajstić information content (AvgIpc) is 2.99. The monoisotopic (exact) mass is 766 g/mol. The first-order chi connectivity index (χ1) is 22.9. The number of unbranched alkanes of at least 4 members (excludes halogenated alkanes) is 4. The fraction of sp³-hybridized carbons (Fsp3) is 0.520. The number of aromatic nitrogens is 4. The van der Waals surface area contributed by atoms with Crippen LogP contribution in [0.25, 0.3) is 0 Å². The number of hydrogen-bond donors (Lipinski definition) is 8. The van der Waals surface area contributed by atoms with E-state index in [1.54, 1.807) is 0 Å². The molecule has 0 aliphatic heterocycles. The van der Waals surface area contributed by atoms with Gasteiger partial charge in [-0.25, -0.2) is 36.8 Å². The third-order valence-electron chi connectivity index (χ3n) is 6.42. The number of hydrogen-bond acceptors (Lipinski definition) is 16. The molecule has 20 nitrogen and oxygen atoms in total. The predicted octanol–water partition coefficient (Wildman–Crippen LogP) is -0.748. The minimum atomic E-state index is -3.45. The average molecular weight is 768 g/mol. The Morgan fingerprint density at radius 1 is 0.551 bits per heavy atom. The van der Waals surface area contributed by atoms with Crippen LogP contribution in [-0.2, 0) is 19.7 Å². The normalized spacial score (nSPS) is 12.5. The van der Waals surface area contributed by atoms with Gasteiger partial charge in [-0.3, -0.25) is 30.2 Å². The molecule has 0 saturated heterocycles. The second-order valence-corrected chi connectivity index (χ2v) is 15.8. The Hall–Kier alpha value is -4.28. The molecule has 0 aliphatic carbocycles. The lowest BCUT2D eigenvalue weighted by Gasteiger charge is -2.08. The first kappa shape index (κ1) is 40.9. The van der Waals surface area contributed by atoms with Crippen molar-refractivity contribution in [3.8, 4) is 0 Å². The number of rotatable bonds is 18. The van der Waals surface area contributed by atoms with Crippen molar-refractivity contribution in [3.05, 3.63) is 21.7 Å². The highest BCUT2D eigenvalue weighted by Gasteiger charge is 2.19. The number of anilines is 4. The predicted molar refractivity (Wildman–Crippen MR) is 189 cm³/mol. The van der Waals surface area contributed by atoms with Gasteiger partial charge in [-0.2, -0.15) is 0 Å². The van der Waals surface area contributed by atoms with Gasteiger partial charge in [0.1, 0.15) is 19.7 Å². The first-order valence-electron chi connectivity index (χ1n) is 14.7. The standard InChI is InChI=1S/C25H40Cl2N14O6S2/c26-16-20(30)38-18(28)14(36-16)22(42)40-24(32)34-8-3-1-5-10-48(44,45)12-7-13-49(46,47)11-6-2-4-9-35-25(33)41-23(43)15-19(29)39-21(31)17(27)37-15/h1-13H2,(H4,28,30,38)(H4,29,31,39)(H3,32,34,40,42)(H3,33,35,41,43). The third kappa shape index (κ3) is 14.8. The summed E-state index contributed by atoms with van der Waals surface area (Å²) in [6.45, 7) is 0.436. The zero-order chi connectivity index (χ0) is 36.8. The van der Waals surface area contributed by atoms with Crippen LogP contribution in [0.15, 0.2) is 9.98 Å². The van der Waals surface area contributed by atoms with Crippen LogP contribution in [0.2, 0.25) is 10.3 Å². The van der Waals surface area contributed by atoms with Crippen molar-refractivity contribution in [3.63, 3.8) is 0 Å². The highest BCUT2D eigenvalue weighted by Crippen LogP contribution is 2.18. The van der Waals surface area contributed by atoms with E-state index in [4.69, 9.17) is 57.6 Å². The molecule has 0 unspecified atom stereocenters. The summed E-state index contributed by atoms with van der Waals surface area (Å²) in [4.78, 5) is 47.4. The van der Waals surface area contributed by atoms with Gasteiger partial charge in [-0.1, -0.05) is 36.0 Å². The number of halogens is 2. The van der Waals surface area contributed by atoms with E-state index in [-0.39, 0.29) is 99.4 Å². The number of nitrogens with zero attached hydrogens (tertiary/aromatic N) is 6. The fourth-order valence-corrected chi connectivity index (χ4v) is 7.27. The number of guanidine groups is 2. The maximum atomic E-state index is 12.4. The van der Waals surface area contributed by atoms with Gasteiger partial charge in [0.05, 0.1) is 23.0 Å². The van der Waals surface area contributed by atoms with Crippen molar-refractivity contribution >= 4 is 89.9 Å². The lowest BCUT2D eigenvalue weighted by molar-refractivity contribution is 0.0964. The molecule has 2 aromatic heterocycles. The quantitative estimate of drug-likeness (QED) is 0.0525. The van der Waals surface area contributed by atoms with Gasteiger partial charge in [-0.05, 0) is 32.1 Å². The fourth-order valence-electron chi connectivity index (χ4n) is 3.97. The minimum absolute atomic E-state index is 0.00601. The molecule has 24 heteroatoms. The highest BCUT2D eigenvalue weighted by atomic mass is 35.5. The van der Waals surface area contributed by atoms with Gasteiger partial charge >= 0.3 is 0 Å². The molecule has 0 atom stereocenters. The van der Waals surface area contributed by atoms with E-state index in [0.29, 0.717) is 38.5 Å². The van der Waals surface area contributed by atoms with Gasteiger partial charge in [0.15, 0.2) is 56.9 Å². The molecule has 0 radical (unpaired) electrons. The number of carbonyl (C=O) groups is 2. The molecular weight excluding hydrogens is 727 g/mol. The molecule has 2 amide bonds. The van der Waals surface area contributed by atoms with E-state index in [1.807, 2.05) is 0 Å². The largest absolute Gasteiger partial charge is 0.382 e. The van der Waals surface area contributed by atoms with E-state index in [9.17, 15) is 26.4 Å². The maximum Gasteiger partial charge on any atom is 0.280 e. The molecule has 0 aliphatic rings. The van der Waals surface area contributed by atoms with Crippen molar-refractivity contribution < 1.29 is 26.4 Å². The lowest BCUT2D eigenvalue weighted by atomic mass is 10.2. The summed E-state index contributed by atoms with van der Waals surface area (Å²) in [6.07, 6.45) is 2.70. The smallest absolute Gasteiger partial charge is 0.280 e. The van der Waals surface area contributed by atoms with E-state index in [1.165, 1.54) is 0 Å². The van der Waals surface area contributed by atoms with E-state index in [2.05, 4.69) is 40.6 Å². The number of amides is 2. The van der Waals surface area contributed by atoms with Crippen LogP contribution in [0, 0.1) is 0 Å². The van der Waals surface area contributed by atoms with Gasteiger partial charge in [0, 0.05) is 13.1 Å². The second kappa shape index (κ2) is 19.0. The Morgan fingerprint density at radius 2 is 0.898 bits per heavy atom. The summed E-state index contributed by atoms with van der Waals surface area (Å²) in [5, 5.41) is 4.22. The zero-order valence-corrected chi connectivity index (χ0v) is 29.5. The van der Waals surface area contributed by atoms with Crippen molar-refractivity contribution in [2.45, 2.75) is 44.9 Å². The van der Waals surface area contributed by atoms with Gasteiger partial charge < -0.3 is 34.4 Å². The minimum Gasteiger partial charge on any atom is -0.382 e. The summed E-state index contributed by atoms with van der Waals surface area (Å²) in [6, 6.07) is 0. The molecule has 272 valence electrons. The molecule has 2 heterocycles. The Morgan fingerprint density at radius 3 is 1.27 bits per heavy atom. The summed E-state index contributed by atoms with van der Waals surface area (Å²) in [7, 11) is -6.90. The molecular formula is C25H40Cl2N14O6S2. The maximum absolute atomic E-state index is 12.4. The van der Waals surface area contributed by atoms with Crippen LogP contribution < -0.4 is 45.0 Å². The van der Waals surface area contributed by atoms with Crippen LogP contribution in [-0.4, -0.2) is 96.6 Å². The molecule has 0 bridgehead atoms. The molecule has 14 N–H and O–H groups in total. The van der Waals surface area contributed by atoms with Gasteiger partial charge in [0.25, 0.3) is 11.8 Å². The van der Waals surface area contributed by atoms with Crippen molar-refractivity contribution in [1.29, 1.82) is 0 Å². The number of nitrogens with one attached hydrogen (secondary N) is 2. The molecule has 0 saturated carbocycles. The topological polar surface area (TPSA) is 359 Å². The summed E-state index contributed by atoms with van der Waals surface area (Å²) in [5.41, 5.74) is 33.1. The van der Waals surface area contributed by atoms with Crippen molar-refractivity contribution in [1.82, 2.24) is 30.6 Å². The SMILES string of the molecule is NC(=NCCCCCS(=O)(=O)CCCS(=O)(=O)CCCCCN=C(N)NC(=O)c1nc(Cl)c(N)nc1N)NC(=O)c1nc(Cl)c(N)nc1N. The number of aliphatic imine (C=N–C) groups is 2. The number of carbonyl (C=O) groups excluding carboxylic acids is 2. The van der Waals surface area contributed by atoms with E-state index < -0.39 is 31.5 Å². The van der Waals surface area contributed by atoms with Crippen LogP contribution in [0.1, 0.15) is 65.9 Å². The Balaban J connectivity index is 1.59. The molecule has 2 rings (SSSR count). The molecule has 0 aromatic carbocycles. The lowest BCUT2D eigenvalue weighted by Crippen LogP contribution is -2.38. The third-order valence-corrected chi connectivity index (χ3v) is 10.6. The van der Waals surface area contributed by atoms with E-state index >= 15 is 0 Å². The van der Waals surface area contributed by atoms with Crippen LogP contribution in [0.5, 0.6) is 0 Å². The Kier molecular flexibility index (Phi) is 15.9. The highest BCUT2D eigenvalue weighted by molar-refractivity contribution is 7.92. The van der Waals surface area contributed by atoms with Crippen LogP contribution in [0.3, 0.4) is 0 Å². The van der Waals surface area contributed by atoms with Crippen LogP contribution >= 0.6 is 23.2 Å². The second-order valence-electron chi connectivity index (χ2n) is 10.5.